The fourth-order valence-corrected chi connectivity index (χ4v) is 4.78. The largest absolute Gasteiger partial charge is 0.300 e. The zero-order valence-electron chi connectivity index (χ0n) is 13.9. The molecule has 3 rings (SSSR count). The molecule has 3 aliphatic rings. The van der Waals surface area contributed by atoms with E-state index in [0.717, 1.165) is 18.0 Å². The van der Waals surface area contributed by atoms with Gasteiger partial charge in [-0.25, -0.2) is 0 Å². The van der Waals surface area contributed by atoms with Crippen LogP contribution in [-0.4, -0.2) is 48.1 Å². The molecule has 0 aromatic heterocycles. The third-order valence-electron chi connectivity index (χ3n) is 6.58. The van der Waals surface area contributed by atoms with Crippen LogP contribution in [0.3, 0.4) is 0 Å². The van der Waals surface area contributed by atoms with Crippen LogP contribution in [-0.2, 0) is 0 Å². The summed E-state index contributed by atoms with van der Waals surface area (Å²) in [5.74, 6) is 1.04. The second-order valence-corrected chi connectivity index (χ2v) is 8.12. The Hall–Kier alpha value is -0.0800. The van der Waals surface area contributed by atoms with E-state index in [4.69, 9.17) is 0 Å². The normalized spacial score (nSPS) is 35.4. The summed E-state index contributed by atoms with van der Waals surface area (Å²) < 4.78 is 0. The van der Waals surface area contributed by atoms with Gasteiger partial charge in [-0.15, -0.1) is 0 Å². The molecule has 0 bridgehead atoms. The molecule has 0 atom stereocenters. The van der Waals surface area contributed by atoms with Gasteiger partial charge in [0.1, 0.15) is 0 Å². The molecule has 2 nitrogen and oxygen atoms in total. The number of likely N-dealkylation sites (tertiary alicyclic amines) is 2. The van der Waals surface area contributed by atoms with Crippen LogP contribution in [0.4, 0.5) is 0 Å². The molecule has 0 unspecified atom stereocenters. The summed E-state index contributed by atoms with van der Waals surface area (Å²) in [6.45, 7) is 12.6. The van der Waals surface area contributed by atoms with Crippen LogP contribution < -0.4 is 0 Å². The molecular weight excluding hydrogens is 244 g/mol. The Bertz CT molecular complexity index is 301. The molecule has 2 aliphatic heterocycles. The molecule has 20 heavy (non-hydrogen) atoms. The number of hydrogen-bond donors (Lipinski definition) is 0. The first-order valence-corrected chi connectivity index (χ1v) is 9.10. The summed E-state index contributed by atoms with van der Waals surface area (Å²) in [5.41, 5.74) is 0.710. The summed E-state index contributed by atoms with van der Waals surface area (Å²) in [7, 11) is 0. The van der Waals surface area contributed by atoms with Gasteiger partial charge in [-0.05, 0) is 76.8 Å². The van der Waals surface area contributed by atoms with Gasteiger partial charge in [-0.2, -0.15) is 0 Å². The zero-order chi connectivity index (χ0) is 14.2. The van der Waals surface area contributed by atoms with Crippen LogP contribution in [0.1, 0.15) is 65.7 Å². The molecule has 0 aromatic carbocycles. The summed E-state index contributed by atoms with van der Waals surface area (Å²) >= 11 is 0. The van der Waals surface area contributed by atoms with Gasteiger partial charge in [0.05, 0.1) is 0 Å². The van der Waals surface area contributed by atoms with Gasteiger partial charge in [0.15, 0.2) is 0 Å². The number of nitrogens with zero attached hydrogens (tertiary/aromatic N) is 2. The van der Waals surface area contributed by atoms with E-state index < -0.39 is 0 Å². The summed E-state index contributed by atoms with van der Waals surface area (Å²) in [6, 6.07) is 1.68. The van der Waals surface area contributed by atoms with Gasteiger partial charge < -0.3 is 4.90 Å². The highest BCUT2D eigenvalue weighted by atomic mass is 15.2. The second kappa shape index (κ2) is 5.96. The Labute approximate surface area is 125 Å². The monoisotopic (exact) mass is 278 g/mol. The number of piperidine rings is 1. The summed E-state index contributed by atoms with van der Waals surface area (Å²) in [5, 5.41) is 0. The smallest absolute Gasteiger partial charge is 0.00954 e. The Balaban J connectivity index is 1.43. The first-order chi connectivity index (χ1) is 9.62. The van der Waals surface area contributed by atoms with Crippen LogP contribution in [0.25, 0.3) is 0 Å². The molecule has 0 N–H and O–H groups in total. The van der Waals surface area contributed by atoms with Gasteiger partial charge in [-0.3, -0.25) is 4.90 Å². The van der Waals surface area contributed by atoms with Gasteiger partial charge in [0.2, 0.25) is 0 Å². The third kappa shape index (κ3) is 2.92. The predicted molar refractivity (Wildman–Crippen MR) is 86.0 cm³/mol. The molecule has 0 aromatic rings. The number of rotatable bonds is 3. The maximum absolute atomic E-state index is 2.84. The van der Waals surface area contributed by atoms with Crippen molar-refractivity contribution < 1.29 is 0 Å². The molecule has 1 saturated carbocycles. The van der Waals surface area contributed by atoms with E-state index in [0.29, 0.717) is 5.41 Å². The van der Waals surface area contributed by atoms with Crippen molar-refractivity contribution in [3.63, 3.8) is 0 Å². The Morgan fingerprint density at radius 1 is 1.00 bits per heavy atom. The van der Waals surface area contributed by atoms with Crippen LogP contribution in [0, 0.1) is 11.3 Å². The van der Waals surface area contributed by atoms with E-state index >= 15 is 0 Å². The molecular formula is C18H34N2. The number of hydrogen-bond acceptors (Lipinski definition) is 2. The fraction of sp³-hybridized carbons (Fsp3) is 1.00. The van der Waals surface area contributed by atoms with E-state index in [1.54, 1.807) is 0 Å². The van der Waals surface area contributed by atoms with E-state index in [9.17, 15) is 0 Å². The molecule has 1 aliphatic carbocycles. The van der Waals surface area contributed by atoms with E-state index in [1.165, 1.54) is 71.1 Å². The first-order valence-electron chi connectivity index (χ1n) is 9.10. The topological polar surface area (TPSA) is 6.48 Å². The minimum Gasteiger partial charge on any atom is -0.300 e. The van der Waals surface area contributed by atoms with E-state index in [1.807, 2.05) is 0 Å². The molecule has 2 heteroatoms. The Kier molecular flexibility index (Phi) is 4.42. The molecule has 0 amide bonds. The van der Waals surface area contributed by atoms with Crippen LogP contribution in [0.15, 0.2) is 0 Å². The van der Waals surface area contributed by atoms with Crippen LogP contribution in [0.5, 0.6) is 0 Å². The van der Waals surface area contributed by atoms with Crippen molar-refractivity contribution in [1.29, 1.82) is 0 Å². The Morgan fingerprint density at radius 3 is 2.10 bits per heavy atom. The lowest BCUT2D eigenvalue weighted by atomic mass is 9.71. The van der Waals surface area contributed by atoms with Crippen molar-refractivity contribution in [2.24, 2.45) is 11.3 Å². The van der Waals surface area contributed by atoms with E-state index in [-0.39, 0.29) is 0 Å². The fourth-order valence-electron chi connectivity index (χ4n) is 4.78. The standard InChI is InChI=1S/C18H34N2/c1-4-16-5-7-17(8-6-16)19-11-9-18(10-12-19)13-20(14-18)15(2)3/h15-17H,4-14H2,1-3H3. The van der Waals surface area contributed by atoms with E-state index in [2.05, 4.69) is 30.6 Å². The predicted octanol–water partition coefficient (Wildman–Crippen LogP) is 3.76. The maximum atomic E-state index is 2.84. The molecule has 0 radical (unpaired) electrons. The first kappa shape index (κ1) is 14.8. The Morgan fingerprint density at radius 2 is 1.60 bits per heavy atom. The summed E-state index contributed by atoms with van der Waals surface area (Å²) in [4.78, 5) is 5.50. The van der Waals surface area contributed by atoms with Crippen LogP contribution >= 0.6 is 0 Å². The van der Waals surface area contributed by atoms with Gasteiger partial charge in [-0.1, -0.05) is 13.3 Å². The average molecular weight is 278 g/mol. The summed E-state index contributed by atoms with van der Waals surface area (Å²) in [6.07, 6.45) is 10.3. The van der Waals surface area contributed by atoms with Crippen molar-refractivity contribution in [2.75, 3.05) is 26.2 Å². The minimum absolute atomic E-state index is 0.710. The highest BCUT2D eigenvalue weighted by Gasteiger charge is 2.46. The minimum atomic E-state index is 0.710. The van der Waals surface area contributed by atoms with Crippen molar-refractivity contribution in [1.82, 2.24) is 9.80 Å². The molecule has 116 valence electrons. The average Bonchev–Trinajstić information content (AvgIpc) is 2.45. The lowest BCUT2D eigenvalue weighted by Gasteiger charge is -2.56. The molecule has 2 saturated heterocycles. The maximum Gasteiger partial charge on any atom is 0.00954 e. The second-order valence-electron chi connectivity index (χ2n) is 8.12. The van der Waals surface area contributed by atoms with Crippen molar-refractivity contribution >= 4 is 0 Å². The van der Waals surface area contributed by atoms with Crippen LogP contribution in [0.2, 0.25) is 0 Å². The lowest BCUT2D eigenvalue weighted by Crippen LogP contribution is -2.62. The highest BCUT2D eigenvalue weighted by molar-refractivity contribution is 5.00. The third-order valence-corrected chi connectivity index (χ3v) is 6.58. The quantitative estimate of drug-likeness (QED) is 0.775. The highest BCUT2D eigenvalue weighted by Crippen LogP contribution is 2.42. The van der Waals surface area contributed by atoms with Crippen molar-refractivity contribution in [3.05, 3.63) is 0 Å². The lowest BCUT2D eigenvalue weighted by molar-refractivity contribution is -0.0710. The van der Waals surface area contributed by atoms with Gasteiger partial charge in [0.25, 0.3) is 0 Å². The molecule has 2 heterocycles. The SMILES string of the molecule is CCC1CCC(N2CCC3(CC2)CN(C(C)C)C3)CC1. The zero-order valence-corrected chi connectivity index (χ0v) is 13.9. The van der Waals surface area contributed by atoms with Crippen molar-refractivity contribution in [3.8, 4) is 0 Å². The molecule has 1 spiro atoms. The van der Waals surface area contributed by atoms with Gasteiger partial charge >= 0.3 is 0 Å². The molecule has 3 fully saturated rings. The van der Waals surface area contributed by atoms with Crippen molar-refractivity contribution in [2.45, 2.75) is 77.8 Å². The van der Waals surface area contributed by atoms with Gasteiger partial charge in [0, 0.05) is 25.2 Å².